The minimum Gasteiger partial charge on any atom is -0.473 e. The van der Waals surface area contributed by atoms with E-state index in [4.69, 9.17) is 14.2 Å². The summed E-state index contributed by atoms with van der Waals surface area (Å²) in [5.74, 6) is 2.04. The van der Waals surface area contributed by atoms with Gasteiger partial charge in [-0.25, -0.2) is 4.79 Å². The van der Waals surface area contributed by atoms with Crippen molar-refractivity contribution in [3.63, 3.8) is 0 Å². The van der Waals surface area contributed by atoms with Crippen molar-refractivity contribution in [3.8, 4) is 5.88 Å². The Labute approximate surface area is 181 Å². The molecule has 1 unspecified atom stereocenters. The number of H-pyrrole nitrogens is 1. The molecule has 1 atom stereocenters. The number of piperidine rings is 1. The third-order valence-electron chi connectivity index (χ3n) is 5.22. The Morgan fingerprint density at radius 2 is 2.03 bits per heavy atom. The Morgan fingerprint density at radius 3 is 2.74 bits per heavy atom. The van der Waals surface area contributed by atoms with Crippen LogP contribution in [-0.2, 0) is 9.47 Å². The van der Waals surface area contributed by atoms with Crippen LogP contribution < -0.4 is 10.1 Å². The van der Waals surface area contributed by atoms with Crippen LogP contribution in [0, 0.1) is 0 Å². The van der Waals surface area contributed by atoms with Crippen molar-refractivity contribution in [2.45, 2.75) is 57.7 Å². The normalized spacial score (nSPS) is 20.0. The van der Waals surface area contributed by atoms with Crippen LogP contribution in [0.15, 0.2) is 18.5 Å². The number of amides is 1. The summed E-state index contributed by atoms with van der Waals surface area (Å²) in [5, 5.41) is 10.5. The second-order valence-electron chi connectivity index (χ2n) is 8.92. The van der Waals surface area contributed by atoms with Crippen molar-refractivity contribution < 1.29 is 19.0 Å². The summed E-state index contributed by atoms with van der Waals surface area (Å²) in [6, 6.07) is 1.97. The van der Waals surface area contributed by atoms with Gasteiger partial charge in [-0.2, -0.15) is 10.1 Å². The molecule has 31 heavy (non-hydrogen) atoms. The zero-order chi connectivity index (χ0) is 21.8. The van der Waals surface area contributed by atoms with Gasteiger partial charge in [-0.05, 0) is 27.2 Å². The van der Waals surface area contributed by atoms with Gasteiger partial charge in [0.15, 0.2) is 11.6 Å². The van der Waals surface area contributed by atoms with Gasteiger partial charge >= 0.3 is 6.09 Å². The summed E-state index contributed by atoms with van der Waals surface area (Å²) >= 11 is 0. The van der Waals surface area contributed by atoms with Gasteiger partial charge in [0.2, 0.25) is 5.88 Å². The van der Waals surface area contributed by atoms with Crippen molar-refractivity contribution in [2.75, 3.05) is 31.6 Å². The summed E-state index contributed by atoms with van der Waals surface area (Å²) in [7, 11) is 0. The van der Waals surface area contributed by atoms with E-state index in [2.05, 4.69) is 25.5 Å². The number of nitrogens with one attached hydrogen (secondary N) is 2. The molecule has 2 N–H and O–H groups in total. The first-order chi connectivity index (χ1) is 14.9. The number of aromatic nitrogens is 4. The first-order valence-electron chi connectivity index (χ1n) is 10.7. The fourth-order valence-corrected chi connectivity index (χ4v) is 3.64. The predicted octanol–water partition coefficient (Wildman–Crippen LogP) is 3.23. The maximum atomic E-state index is 12.2. The number of likely N-dealkylation sites (tertiary alicyclic amines) is 1. The van der Waals surface area contributed by atoms with Crippen LogP contribution in [0.2, 0.25) is 0 Å². The van der Waals surface area contributed by atoms with Crippen molar-refractivity contribution in [1.29, 1.82) is 0 Å². The lowest BCUT2D eigenvalue weighted by molar-refractivity contribution is 0.0123. The minimum atomic E-state index is -0.493. The molecule has 2 saturated heterocycles. The molecule has 2 fully saturated rings. The van der Waals surface area contributed by atoms with E-state index in [0.717, 1.165) is 25.3 Å². The highest BCUT2D eigenvalue weighted by Crippen LogP contribution is 2.26. The second-order valence-corrected chi connectivity index (χ2v) is 8.92. The van der Waals surface area contributed by atoms with Crippen LogP contribution >= 0.6 is 0 Å². The molecule has 0 aromatic carbocycles. The lowest BCUT2D eigenvalue weighted by atomic mass is 10.1. The molecule has 0 saturated carbocycles. The van der Waals surface area contributed by atoms with Gasteiger partial charge in [-0.3, -0.25) is 10.1 Å². The maximum Gasteiger partial charge on any atom is 0.410 e. The van der Waals surface area contributed by atoms with Crippen LogP contribution in [0.5, 0.6) is 5.88 Å². The number of carbonyl (C=O) groups is 1. The van der Waals surface area contributed by atoms with E-state index in [-0.39, 0.29) is 12.2 Å². The van der Waals surface area contributed by atoms with Crippen LogP contribution in [0.1, 0.15) is 51.6 Å². The standard InChI is InChI=1S/C21H30N6O4/c1-21(2,3)31-20(28)27-7-4-15(5-8-27)30-19-12-22-11-18(24-19)23-17-10-16(25-26-17)14-6-9-29-13-14/h10-12,14-15H,4-9,13H2,1-3H3,(H2,23,24,25,26). The topological polar surface area (TPSA) is 114 Å². The average Bonchev–Trinajstić information content (AvgIpc) is 3.39. The van der Waals surface area contributed by atoms with Crippen molar-refractivity contribution in [3.05, 3.63) is 24.2 Å². The molecule has 1 amide bonds. The molecule has 168 valence electrons. The average molecular weight is 431 g/mol. The van der Waals surface area contributed by atoms with Crippen LogP contribution in [-0.4, -0.2) is 69.2 Å². The maximum absolute atomic E-state index is 12.2. The van der Waals surface area contributed by atoms with Crippen molar-refractivity contribution >= 4 is 17.7 Å². The summed E-state index contributed by atoms with van der Waals surface area (Å²) < 4.78 is 16.9. The van der Waals surface area contributed by atoms with E-state index >= 15 is 0 Å². The number of nitrogens with zero attached hydrogens (tertiary/aromatic N) is 4. The van der Waals surface area contributed by atoms with Gasteiger partial charge in [-0.1, -0.05) is 0 Å². The third kappa shape index (κ3) is 5.84. The molecule has 2 aromatic heterocycles. The van der Waals surface area contributed by atoms with E-state index in [9.17, 15) is 4.79 Å². The second kappa shape index (κ2) is 9.09. The number of anilines is 2. The summed E-state index contributed by atoms with van der Waals surface area (Å²) in [6.07, 6.45) is 5.34. The van der Waals surface area contributed by atoms with Crippen LogP contribution in [0.4, 0.5) is 16.4 Å². The Morgan fingerprint density at radius 1 is 1.23 bits per heavy atom. The van der Waals surface area contributed by atoms with Gasteiger partial charge in [0.25, 0.3) is 0 Å². The fourth-order valence-electron chi connectivity index (χ4n) is 3.64. The molecule has 10 nitrogen and oxygen atoms in total. The number of ether oxygens (including phenoxy) is 3. The Balaban J connectivity index is 1.29. The predicted molar refractivity (Wildman–Crippen MR) is 114 cm³/mol. The number of carbonyl (C=O) groups excluding carboxylic acids is 1. The summed E-state index contributed by atoms with van der Waals surface area (Å²) in [5.41, 5.74) is 0.560. The first kappa shape index (κ1) is 21.4. The molecule has 4 rings (SSSR count). The highest BCUT2D eigenvalue weighted by atomic mass is 16.6. The minimum absolute atomic E-state index is 0.0254. The number of rotatable bonds is 5. The van der Waals surface area contributed by atoms with Crippen LogP contribution in [0.25, 0.3) is 0 Å². The Kier molecular flexibility index (Phi) is 6.26. The first-order valence-corrected chi connectivity index (χ1v) is 10.7. The monoisotopic (exact) mass is 430 g/mol. The summed E-state index contributed by atoms with van der Waals surface area (Å²) in [4.78, 5) is 22.6. The van der Waals surface area contributed by atoms with Gasteiger partial charge < -0.3 is 24.4 Å². The molecular weight excluding hydrogens is 400 g/mol. The van der Waals surface area contributed by atoms with Crippen LogP contribution in [0.3, 0.4) is 0 Å². The largest absolute Gasteiger partial charge is 0.473 e. The van der Waals surface area contributed by atoms with E-state index in [1.165, 1.54) is 0 Å². The number of aromatic amines is 1. The van der Waals surface area contributed by atoms with Crippen molar-refractivity contribution in [2.24, 2.45) is 0 Å². The third-order valence-corrected chi connectivity index (χ3v) is 5.22. The van der Waals surface area contributed by atoms with Crippen molar-refractivity contribution in [1.82, 2.24) is 25.1 Å². The highest BCUT2D eigenvalue weighted by Gasteiger charge is 2.28. The quantitative estimate of drug-likeness (QED) is 0.743. The molecule has 0 bridgehead atoms. The Bertz CT molecular complexity index is 882. The molecule has 2 aliphatic rings. The molecule has 2 aliphatic heterocycles. The molecule has 0 aliphatic carbocycles. The zero-order valence-electron chi connectivity index (χ0n) is 18.3. The molecule has 4 heterocycles. The highest BCUT2D eigenvalue weighted by molar-refractivity contribution is 5.68. The van der Waals surface area contributed by atoms with Gasteiger partial charge in [0, 0.05) is 50.2 Å². The molecular formula is C21H30N6O4. The number of hydrogen-bond donors (Lipinski definition) is 2. The summed E-state index contributed by atoms with van der Waals surface area (Å²) in [6.45, 7) is 8.29. The SMILES string of the molecule is CC(C)(C)OC(=O)N1CCC(Oc2cncc(Nc3cc(C4CCOC4)[nH]n3)n2)CC1. The fraction of sp³-hybridized carbons (Fsp3) is 0.619. The van der Waals surface area contributed by atoms with E-state index in [1.54, 1.807) is 17.3 Å². The number of hydrogen-bond acceptors (Lipinski definition) is 8. The van der Waals surface area contributed by atoms with Gasteiger partial charge in [0.1, 0.15) is 11.7 Å². The molecule has 10 heteroatoms. The van der Waals surface area contributed by atoms with Gasteiger partial charge in [0.05, 0.1) is 19.0 Å². The smallest absolute Gasteiger partial charge is 0.410 e. The molecule has 0 radical (unpaired) electrons. The molecule has 0 spiro atoms. The Hall–Kier alpha value is -2.88. The lowest BCUT2D eigenvalue weighted by Gasteiger charge is -2.33. The van der Waals surface area contributed by atoms with E-state index < -0.39 is 5.60 Å². The lowest BCUT2D eigenvalue weighted by Crippen LogP contribution is -2.44. The van der Waals surface area contributed by atoms with E-state index in [0.29, 0.717) is 49.4 Å². The molecule has 2 aromatic rings. The van der Waals surface area contributed by atoms with E-state index in [1.807, 2.05) is 26.8 Å². The van der Waals surface area contributed by atoms with Gasteiger partial charge in [-0.15, -0.1) is 0 Å². The zero-order valence-corrected chi connectivity index (χ0v) is 18.3.